The van der Waals surface area contributed by atoms with Crippen LogP contribution in [0, 0.1) is 0 Å². The van der Waals surface area contributed by atoms with Gasteiger partial charge in [0.05, 0.1) is 16.5 Å². The summed E-state index contributed by atoms with van der Waals surface area (Å²) in [7, 11) is 0. The molecule has 0 saturated carbocycles. The molecule has 0 unspecified atom stereocenters. The number of aryl methyl sites for hydroxylation is 1. The first-order valence-corrected chi connectivity index (χ1v) is 9.53. The van der Waals surface area contributed by atoms with Crippen LogP contribution in [0.1, 0.15) is 24.0 Å². The van der Waals surface area contributed by atoms with Gasteiger partial charge >= 0.3 is 0 Å². The molecule has 2 amide bonds. The lowest BCUT2D eigenvalue weighted by molar-refractivity contribution is -0.115. The first-order valence-electron chi connectivity index (χ1n) is 8.33. The number of hydrogen-bond donors (Lipinski definition) is 1. The zero-order valence-electron chi connectivity index (χ0n) is 14.0. The number of unbranched alkanes of at least 4 members (excludes halogenated alkanes) is 1. The molecule has 0 bridgehead atoms. The molecule has 134 valence electrons. The van der Waals surface area contributed by atoms with Gasteiger partial charge < -0.3 is 4.74 Å². The van der Waals surface area contributed by atoms with Crippen molar-refractivity contribution in [1.29, 1.82) is 0 Å². The minimum absolute atomic E-state index is 0.330. The molecule has 6 heteroatoms. The normalized spacial score (nSPS) is 15.3. The number of amides is 2. The summed E-state index contributed by atoms with van der Waals surface area (Å²) in [5.74, 6) is 0.179. The fraction of sp³-hybridized carbons (Fsp3) is 0.200. The van der Waals surface area contributed by atoms with E-state index in [0.717, 1.165) is 31.0 Å². The Hall–Kier alpha value is -2.24. The lowest BCUT2D eigenvalue weighted by atomic mass is 10.1. The zero-order valence-corrected chi connectivity index (χ0v) is 15.6. The molecule has 0 radical (unpaired) electrons. The molecule has 1 aliphatic rings. The Morgan fingerprint density at radius 2 is 1.85 bits per heavy atom. The summed E-state index contributed by atoms with van der Waals surface area (Å²) >= 11 is 7.25. The van der Waals surface area contributed by atoms with Gasteiger partial charge in [0.1, 0.15) is 5.75 Å². The van der Waals surface area contributed by atoms with Crippen LogP contribution in [0.5, 0.6) is 5.75 Å². The van der Waals surface area contributed by atoms with E-state index in [1.54, 1.807) is 18.2 Å². The van der Waals surface area contributed by atoms with Gasteiger partial charge in [-0.25, -0.2) is 0 Å². The Balaban J connectivity index is 1.55. The Morgan fingerprint density at radius 1 is 1.04 bits per heavy atom. The van der Waals surface area contributed by atoms with Crippen LogP contribution in [-0.2, 0) is 11.2 Å². The smallest absolute Gasteiger partial charge is 0.290 e. The van der Waals surface area contributed by atoms with Crippen molar-refractivity contribution in [3.05, 3.63) is 69.6 Å². The predicted molar refractivity (Wildman–Crippen MR) is 105 cm³/mol. The Morgan fingerprint density at radius 3 is 2.58 bits per heavy atom. The summed E-state index contributed by atoms with van der Waals surface area (Å²) in [6.07, 6.45) is 4.58. The second-order valence-electron chi connectivity index (χ2n) is 5.80. The van der Waals surface area contributed by atoms with Gasteiger partial charge in [-0.2, -0.15) is 0 Å². The van der Waals surface area contributed by atoms with Crippen molar-refractivity contribution in [2.75, 3.05) is 6.61 Å². The maximum Gasteiger partial charge on any atom is 0.290 e. The second kappa shape index (κ2) is 8.92. The number of halogens is 1. The van der Waals surface area contributed by atoms with Gasteiger partial charge in [-0.1, -0.05) is 54.1 Å². The number of benzene rings is 2. The van der Waals surface area contributed by atoms with Crippen molar-refractivity contribution in [2.45, 2.75) is 19.3 Å². The van der Waals surface area contributed by atoms with Crippen LogP contribution >= 0.6 is 23.4 Å². The molecule has 1 saturated heterocycles. The SMILES string of the molecule is O=C1NC(=O)/C(=C\c2cccc(OCCCCc3ccccc3)c2Cl)S1. The van der Waals surface area contributed by atoms with Crippen LogP contribution in [0.25, 0.3) is 6.08 Å². The van der Waals surface area contributed by atoms with Gasteiger partial charge in [0.25, 0.3) is 11.1 Å². The lowest BCUT2D eigenvalue weighted by Crippen LogP contribution is -2.17. The maximum atomic E-state index is 11.7. The zero-order chi connectivity index (χ0) is 18.4. The predicted octanol–water partition coefficient (Wildman–Crippen LogP) is 5.07. The summed E-state index contributed by atoms with van der Waals surface area (Å²) < 4.78 is 5.79. The molecule has 0 atom stereocenters. The first kappa shape index (κ1) is 18.5. The van der Waals surface area contributed by atoms with Gasteiger partial charge in [0, 0.05) is 0 Å². The quantitative estimate of drug-likeness (QED) is 0.532. The average Bonchev–Trinajstić information content (AvgIpc) is 2.95. The maximum absolute atomic E-state index is 11.7. The first-order chi connectivity index (χ1) is 12.6. The molecule has 1 heterocycles. The average molecular weight is 388 g/mol. The lowest BCUT2D eigenvalue weighted by Gasteiger charge is -2.10. The molecular weight excluding hydrogens is 370 g/mol. The van der Waals surface area contributed by atoms with Crippen molar-refractivity contribution < 1.29 is 14.3 Å². The molecule has 1 N–H and O–H groups in total. The molecule has 1 aliphatic heterocycles. The number of nitrogens with one attached hydrogen (secondary N) is 1. The minimum Gasteiger partial charge on any atom is -0.492 e. The van der Waals surface area contributed by atoms with E-state index in [0.29, 0.717) is 27.8 Å². The summed E-state index contributed by atoms with van der Waals surface area (Å²) in [6, 6.07) is 15.7. The largest absolute Gasteiger partial charge is 0.492 e. The molecule has 3 rings (SSSR count). The molecule has 4 nitrogen and oxygen atoms in total. The summed E-state index contributed by atoms with van der Waals surface area (Å²) in [4.78, 5) is 23.2. The van der Waals surface area contributed by atoms with E-state index in [1.165, 1.54) is 5.56 Å². The number of carbonyl (C=O) groups excluding carboxylic acids is 2. The second-order valence-corrected chi connectivity index (χ2v) is 7.20. The van der Waals surface area contributed by atoms with Crippen LogP contribution in [0.4, 0.5) is 4.79 Å². The molecule has 26 heavy (non-hydrogen) atoms. The van der Waals surface area contributed by atoms with Crippen LogP contribution in [0.2, 0.25) is 5.02 Å². The van der Waals surface area contributed by atoms with E-state index in [-0.39, 0.29) is 5.24 Å². The summed E-state index contributed by atoms with van der Waals surface area (Å²) in [6.45, 7) is 0.570. The number of imide groups is 1. The summed E-state index contributed by atoms with van der Waals surface area (Å²) in [5.41, 5.74) is 1.97. The van der Waals surface area contributed by atoms with E-state index < -0.39 is 5.91 Å². The van der Waals surface area contributed by atoms with Gasteiger partial charge in [-0.3, -0.25) is 14.9 Å². The molecule has 2 aromatic rings. The number of carbonyl (C=O) groups is 2. The van der Waals surface area contributed by atoms with E-state index in [1.807, 2.05) is 24.3 Å². The van der Waals surface area contributed by atoms with Gasteiger partial charge in [-0.05, 0) is 54.3 Å². The van der Waals surface area contributed by atoms with E-state index in [9.17, 15) is 9.59 Å². The van der Waals surface area contributed by atoms with Crippen molar-refractivity contribution in [3.8, 4) is 5.75 Å². The van der Waals surface area contributed by atoms with Gasteiger partial charge in [0.2, 0.25) is 0 Å². The number of rotatable bonds is 7. The van der Waals surface area contributed by atoms with Crippen LogP contribution in [-0.4, -0.2) is 17.8 Å². The van der Waals surface area contributed by atoms with Crippen molar-refractivity contribution in [1.82, 2.24) is 5.32 Å². The highest BCUT2D eigenvalue weighted by molar-refractivity contribution is 8.18. The fourth-order valence-corrected chi connectivity index (χ4v) is 3.48. The Bertz CT molecular complexity index is 836. The minimum atomic E-state index is -0.400. The van der Waals surface area contributed by atoms with E-state index >= 15 is 0 Å². The third-order valence-corrected chi connectivity index (χ3v) is 5.10. The topological polar surface area (TPSA) is 55.4 Å². The number of ether oxygens (including phenoxy) is 1. The monoisotopic (exact) mass is 387 g/mol. The van der Waals surface area contributed by atoms with E-state index in [2.05, 4.69) is 17.4 Å². The molecule has 2 aromatic carbocycles. The molecule has 0 spiro atoms. The molecular formula is C20H18ClNO3S. The highest BCUT2D eigenvalue weighted by Crippen LogP contribution is 2.33. The molecule has 0 aliphatic carbocycles. The van der Waals surface area contributed by atoms with Gasteiger partial charge in [-0.15, -0.1) is 0 Å². The third kappa shape index (κ3) is 4.90. The number of hydrogen-bond acceptors (Lipinski definition) is 4. The van der Waals surface area contributed by atoms with Crippen LogP contribution < -0.4 is 10.1 Å². The van der Waals surface area contributed by atoms with Crippen LogP contribution in [0.15, 0.2) is 53.4 Å². The highest BCUT2D eigenvalue weighted by atomic mass is 35.5. The standard InChI is InChI=1S/C20H18ClNO3S/c21-18-15(13-17-19(23)22-20(24)26-17)10-6-11-16(18)25-12-5-4-9-14-7-2-1-3-8-14/h1-3,6-8,10-11,13H,4-5,9,12H2,(H,22,23,24)/b17-13+. The summed E-state index contributed by atoms with van der Waals surface area (Å²) in [5, 5.41) is 2.29. The van der Waals surface area contributed by atoms with Crippen molar-refractivity contribution in [2.24, 2.45) is 0 Å². The highest BCUT2D eigenvalue weighted by Gasteiger charge is 2.25. The molecule has 0 aromatic heterocycles. The van der Waals surface area contributed by atoms with Crippen molar-refractivity contribution >= 4 is 40.6 Å². The molecule has 1 fully saturated rings. The Labute approximate surface area is 161 Å². The number of thioether (sulfide) groups is 1. The van der Waals surface area contributed by atoms with Crippen molar-refractivity contribution in [3.63, 3.8) is 0 Å². The fourth-order valence-electron chi connectivity index (χ4n) is 2.57. The Kier molecular flexibility index (Phi) is 6.36. The third-order valence-electron chi connectivity index (χ3n) is 3.88. The van der Waals surface area contributed by atoms with Gasteiger partial charge in [0.15, 0.2) is 0 Å². The van der Waals surface area contributed by atoms with Crippen LogP contribution in [0.3, 0.4) is 0 Å². The van der Waals surface area contributed by atoms with E-state index in [4.69, 9.17) is 16.3 Å².